The smallest absolute Gasteiger partial charge is 0.230 e. The van der Waals surface area contributed by atoms with Gasteiger partial charge in [0, 0.05) is 13.1 Å². The van der Waals surface area contributed by atoms with Crippen LogP contribution in [0.1, 0.15) is 5.56 Å². The minimum absolute atomic E-state index is 0.0872. The molecule has 1 aliphatic rings. The van der Waals surface area contributed by atoms with Crippen molar-refractivity contribution in [2.45, 2.75) is 6.61 Å². The first kappa shape index (κ1) is 12.0. The molecular formula is C13H16FNO2. The lowest BCUT2D eigenvalue weighted by Gasteiger charge is -2.36. The number of rotatable bonds is 6. The Bertz CT molecular complexity index is 369. The van der Waals surface area contributed by atoms with Gasteiger partial charge in [-0.1, -0.05) is 30.3 Å². The lowest BCUT2D eigenvalue weighted by Crippen LogP contribution is -2.54. The first-order valence-corrected chi connectivity index (χ1v) is 5.77. The molecule has 0 saturated carbocycles. The van der Waals surface area contributed by atoms with E-state index in [1.807, 2.05) is 30.3 Å². The average Bonchev–Trinajstić information content (AvgIpc) is 2.37. The molecule has 0 aliphatic carbocycles. The third kappa shape index (κ3) is 3.03. The summed E-state index contributed by atoms with van der Waals surface area (Å²) in [5.74, 6) is -0.486. The quantitative estimate of drug-likeness (QED) is 0.556. The predicted molar refractivity (Wildman–Crippen MR) is 62.1 cm³/mol. The molecule has 3 nitrogen and oxygen atoms in total. The molecule has 0 spiro atoms. The van der Waals surface area contributed by atoms with Gasteiger partial charge in [0.15, 0.2) is 0 Å². The zero-order valence-electron chi connectivity index (χ0n) is 9.64. The highest BCUT2D eigenvalue weighted by atomic mass is 19.1. The summed E-state index contributed by atoms with van der Waals surface area (Å²) in [5.41, 5.74) is 1.11. The van der Waals surface area contributed by atoms with Gasteiger partial charge in [0.25, 0.3) is 0 Å². The Morgan fingerprint density at radius 2 is 2.12 bits per heavy atom. The topological polar surface area (TPSA) is 29.5 Å². The fraction of sp³-hybridized carbons (Fsp3) is 0.462. The van der Waals surface area contributed by atoms with E-state index in [9.17, 15) is 9.18 Å². The fourth-order valence-corrected chi connectivity index (χ4v) is 1.84. The maximum Gasteiger partial charge on any atom is 0.230 e. The highest BCUT2D eigenvalue weighted by Gasteiger charge is 2.35. The van der Waals surface area contributed by atoms with Crippen LogP contribution in [0.3, 0.4) is 0 Å². The van der Waals surface area contributed by atoms with Crippen molar-refractivity contribution in [1.29, 1.82) is 0 Å². The van der Waals surface area contributed by atoms with E-state index in [2.05, 4.69) is 0 Å². The number of likely N-dealkylation sites (tertiary alicyclic amines) is 1. The minimum Gasteiger partial charge on any atom is -0.375 e. The molecule has 0 aromatic heterocycles. The van der Waals surface area contributed by atoms with Gasteiger partial charge in [-0.25, -0.2) is 0 Å². The Kier molecular flexibility index (Phi) is 4.09. The van der Waals surface area contributed by atoms with E-state index in [4.69, 9.17) is 4.74 Å². The summed E-state index contributed by atoms with van der Waals surface area (Å²) in [7, 11) is 0. The first-order chi connectivity index (χ1) is 8.31. The molecule has 1 amide bonds. The van der Waals surface area contributed by atoms with Crippen molar-refractivity contribution in [2.75, 3.05) is 26.4 Å². The lowest BCUT2D eigenvalue weighted by atomic mass is 10.0. The van der Waals surface area contributed by atoms with Crippen molar-refractivity contribution in [2.24, 2.45) is 5.92 Å². The van der Waals surface area contributed by atoms with Gasteiger partial charge in [-0.15, -0.1) is 0 Å². The Hall–Kier alpha value is -1.42. The number of carbonyl (C=O) groups is 1. The molecule has 1 aromatic rings. The molecule has 92 valence electrons. The van der Waals surface area contributed by atoms with Gasteiger partial charge in [0.1, 0.15) is 6.67 Å². The lowest BCUT2D eigenvalue weighted by molar-refractivity contribution is -0.149. The monoisotopic (exact) mass is 237 g/mol. The number of benzene rings is 1. The predicted octanol–water partition coefficient (Wildman–Crippen LogP) is 1.63. The molecule has 4 heteroatoms. The number of alkyl halides is 1. The Morgan fingerprint density at radius 1 is 1.35 bits per heavy atom. The second-order valence-electron chi connectivity index (χ2n) is 4.17. The van der Waals surface area contributed by atoms with Crippen molar-refractivity contribution < 1.29 is 13.9 Å². The van der Waals surface area contributed by atoms with Crippen molar-refractivity contribution >= 4 is 5.91 Å². The van der Waals surface area contributed by atoms with Crippen molar-refractivity contribution in [3.05, 3.63) is 35.9 Å². The number of ether oxygens (including phenoxy) is 1. The molecule has 1 atom stereocenters. The third-order valence-electron chi connectivity index (χ3n) is 2.91. The van der Waals surface area contributed by atoms with Crippen LogP contribution in [0.5, 0.6) is 0 Å². The molecule has 1 heterocycles. The normalized spacial score (nSPS) is 19.2. The number of amides is 1. The molecule has 0 unspecified atom stereocenters. The highest BCUT2D eigenvalue weighted by Crippen LogP contribution is 2.17. The average molecular weight is 237 g/mol. The Morgan fingerprint density at radius 3 is 2.76 bits per heavy atom. The number of nitrogens with zero attached hydrogens (tertiary/aromatic N) is 1. The molecule has 1 fully saturated rings. The molecule has 17 heavy (non-hydrogen) atoms. The fourth-order valence-electron chi connectivity index (χ4n) is 1.84. The molecule has 0 bridgehead atoms. The molecule has 0 N–H and O–H groups in total. The van der Waals surface area contributed by atoms with E-state index in [0.29, 0.717) is 26.3 Å². The molecule has 0 radical (unpaired) electrons. The zero-order valence-corrected chi connectivity index (χ0v) is 9.64. The summed E-state index contributed by atoms with van der Waals surface area (Å²) in [6.45, 7) is 1.60. The summed E-state index contributed by atoms with van der Waals surface area (Å²) < 4.78 is 17.6. The maximum atomic E-state index is 12.2. The van der Waals surface area contributed by atoms with E-state index in [1.54, 1.807) is 4.90 Å². The van der Waals surface area contributed by atoms with Crippen LogP contribution in [-0.4, -0.2) is 37.2 Å². The standard InChI is InChI=1S/C13H16FNO2/c14-8-12-9-15(13(12)16)6-7-17-10-11-4-2-1-3-5-11/h1-5,12H,6-10H2/t12-/m1/s1. The second kappa shape index (κ2) is 5.77. The summed E-state index contributed by atoms with van der Waals surface area (Å²) in [5, 5.41) is 0. The number of hydrogen-bond donors (Lipinski definition) is 0. The number of carbonyl (C=O) groups excluding carboxylic acids is 1. The molecular weight excluding hydrogens is 221 g/mol. The second-order valence-corrected chi connectivity index (χ2v) is 4.17. The third-order valence-corrected chi connectivity index (χ3v) is 2.91. The van der Waals surface area contributed by atoms with Gasteiger partial charge in [-0.3, -0.25) is 9.18 Å². The summed E-state index contributed by atoms with van der Waals surface area (Å²) >= 11 is 0. The number of β-lactam (4-membered cyclic amide) rings is 1. The molecule has 1 aromatic carbocycles. The maximum absolute atomic E-state index is 12.2. The zero-order chi connectivity index (χ0) is 12.1. The molecule has 1 saturated heterocycles. The Balaban J connectivity index is 1.60. The van der Waals surface area contributed by atoms with Crippen LogP contribution in [0.2, 0.25) is 0 Å². The van der Waals surface area contributed by atoms with Crippen LogP contribution in [-0.2, 0) is 16.1 Å². The number of hydrogen-bond acceptors (Lipinski definition) is 2. The molecule has 1 aliphatic heterocycles. The van der Waals surface area contributed by atoms with Gasteiger partial charge in [-0.05, 0) is 5.56 Å². The van der Waals surface area contributed by atoms with E-state index < -0.39 is 12.6 Å². The van der Waals surface area contributed by atoms with E-state index in [-0.39, 0.29) is 5.91 Å². The van der Waals surface area contributed by atoms with Gasteiger partial charge in [-0.2, -0.15) is 0 Å². The van der Waals surface area contributed by atoms with Gasteiger partial charge >= 0.3 is 0 Å². The van der Waals surface area contributed by atoms with E-state index in [1.165, 1.54) is 0 Å². The van der Waals surface area contributed by atoms with Crippen LogP contribution in [0.25, 0.3) is 0 Å². The van der Waals surface area contributed by atoms with Crippen LogP contribution in [0, 0.1) is 5.92 Å². The van der Waals surface area contributed by atoms with Crippen molar-refractivity contribution in [3.63, 3.8) is 0 Å². The number of halogens is 1. The van der Waals surface area contributed by atoms with E-state index >= 15 is 0 Å². The van der Waals surface area contributed by atoms with Crippen LogP contribution in [0.4, 0.5) is 4.39 Å². The van der Waals surface area contributed by atoms with Crippen LogP contribution >= 0.6 is 0 Å². The first-order valence-electron chi connectivity index (χ1n) is 5.77. The minimum atomic E-state index is -0.541. The summed E-state index contributed by atoms with van der Waals surface area (Å²) in [4.78, 5) is 12.9. The van der Waals surface area contributed by atoms with Crippen LogP contribution < -0.4 is 0 Å². The highest BCUT2D eigenvalue weighted by molar-refractivity contribution is 5.84. The van der Waals surface area contributed by atoms with E-state index in [0.717, 1.165) is 5.56 Å². The Labute approximate surface area is 100 Å². The van der Waals surface area contributed by atoms with Gasteiger partial charge in [0.2, 0.25) is 5.91 Å². The SMILES string of the molecule is O=C1[C@H](CF)CN1CCOCc1ccccc1. The van der Waals surface area contributed by atoms with Crippen molar-refractivity contribution in [1.82, 2.24) is 4.90 Å². The molecule has 2 rings (SSSR count). The summed E-state index contributed by atoms with van der Waals surface area (Å²) in [6.07, 6.45) is 0. The van der Waals surface area contributed by atoms with Crippen molar-refractivity contribution in [3.8, 4) is 0 Å². The van der Waals surface area contributed by atoms with Gasteiger partial charge < -0.3 is 9.64 Å². The van der Waals surface area contributed by atoms with Crippen LogP contribution in [0.15, 0.2) is 30.3 Å². The van der Waals surface area contributed by atoms with Gasteiger partial charge in [0.05, 0.1) is 19.1 Å². The largest absolute Gasteiger partial charge is 0.375 e. The summed E-state index contributed by atoms with van der Waals surface area (Å²) in [6, 6.07) is 9.87.